The van der Waals surface area contributed by atoms with Crippen molar-refractivity contribution in [3.8, 4) is 0 Å². The fourth-order valence-electron chi connectivity index (χ4n) is 1.33. The normalized spacial score (nSPS) is 18.0. The van der Waals surface area contributed by atoms with Gasteiger partial charge >= 0.3 is 0 Å². The van der Waals surface area contributed by atoms with Gasteiger partial charge in [-0.05, 0) is 0 Å². The first-order valence-electron chi connectivity index (χ1n) is 5.30. The van der Waals surface area contributed by atoms with Crippen LogP contribution >= 0.6 is 0 Å². The van der Waals surface area contributed by atoms with Gasteiger partial charge in [-0.25, -0.2) is 0 Å². The molecule has 0 spiro atoms. The van der Waals surface area contributed by atoms with Gasteiger partial charge in [0.2, 0.25) is 5.91 Å². The molecule has 7 nitrogen and oxygen atoms in total. The number of amides is 1. The largest absolute Gasteiger partial charge is 0.394 e. The van der Waals surface area contributed by atoms with Crippen LogP contribution in [0.25, 0.3) is 0 Å². The van der Waals surface area contributed by atoms with Gasteiger partial charge in [0.15, 0.2) is 5.78 Å². The monoisotopic (exact) mass is 249 g/mol. The number of nitrogens with one attached hydrogen (secondary N) is 1. The van der Waals surface area contributed by atoms with Crippen LogP contribution in [0.5, 0.6) is 0 Å². The Balaban J connectivity index is 4.78. The van der Waals surface area contributed by atoms with Crippen molar-refractivity contribution in [1.82, 2.24) is 5.32 Å². The van der Waals surface area contributed by atoms with E-state index in [0.29, 0.717) is 0 Å². The van der Waals surface area contributed by atoms with Gasteiger partial charge in [-0.15, -0.1) is 0 Å². The second-order valence-electron chi connectivity index (χ2n) is 3.73. The Kier molecular flexibility index (Phi) is 6.89. The SMILES string of the molecule is CCC(=O)[C@H](NC(C)=O)[C@@H](O)[C@H](O)[C@H](O)CO. The van der Waals surface area contributed by atoms with Gasteiger partial charge in [0.1, 0.15) is 24.4 Å². The summed E-state index contributed by atoms with van der Waals surface area (Å²) in [7, 11) is 0. The average molecular weight is 249 g/mol. The van der Waals surface area contributed by atoms with Crippen molar-refractivity contribution in [2.45, 2.75) is 44.6 Å². The number of hydrogen-bond donors (Lipinski definition) is 5. The van der Waals surface area contributed by atoms with Crippen molar-refractivity contribution < 1.29 is 30.0 Å². The quantitative estimate of drug-likeness (QED) is 0.341. The zero-order valence-corrected chi connectivity index (χ0v) is 9.83. The van der Waals surface area contributed by atoms with E-state index in [4.69, 9.17) is 10.2 Å². The molecular formula is C10H19NO6. The van der Waals surface area contributed by atoms with E-state index in [1.165, 1.54) is 0 Å². The Morgan fingerprint density at radius 2 is 1.71 bits per heavy atom. The van der Waals surface area contributed by atoms with E-state index in [1.807, 2.05) is 0 Å². The van der Waals surface area contributed by atoms with Crippen LogP contribution in [0.1, 0.15) is 20.3 Å². The Morgan fingerprint density at radius 3 is 2.06 bits per heavy atom. The summed E-state index contributed by atoms with van der Waals surface area (Å²) in [6, 6.07) is -1.30. The van der Waals surface area contributed by atoms with E-state index in [-0.39, 0.29) is 6.42 Å². The van der Waals surface area contributed by atoms with Crippen LogP contribution in [0.3, 0.4) is 0 Å². The lowest BCUT2D eigenvalue weighted by Gasteiger charge is -2.28. The van der Waals surface area contributed by atoms with Crippen LogP contribution in [0.15, 0.2) is 0 Å². The summed E-state index contributed by atoms with van der Waals surface area (Å²) in [5, 5.41) is 39.1. The molecule has 0 fully saturated rings. The molecule has 7 heteroatoms. The Hall–Kier alpha value is -1.02. The number of Topliss-reactive ketones (excluding diaryl/α,β-unsaturated/α-hetero) is 1. The minimum absolute atomic E-state index is 0.0595. The highest BCUT2D eigenvalue weighted by atomic mass is 16.4. The fourth-order valence-corrected chi connectivity index (χ4v) is 1.33. The number of rotatable bonds is 7. The second-order valence-corrected chi connectivity index (χ2v) is 3.73. The van der Waals surface area contributed by atoms with Gasteiger partial charge in [-0.1, -0.05) is 6.92 Å². The van der Waals surface area contributed by atoms with Gasteiger partial charge in [0, 0.05) is 13.3 Å². The maximum atomic E-state index is 11.5. The van der Waals surface area contributed by atoms with Gasteiger partial charge in [0.25, 0.3) is 0 Å². The first-order valence-corrected chi connectivity index (χ1v) is 5.30. The molecule has 0 radical (unpaired) electrons. The first-order chi connectivity index (χ1) is 7.84. The highest BCUT2D eigenvalue weighted by Gasteiger charge is 2.34. The first kappa shape index (κ1) is 16.0. The van der Waals surface area contributed by atoms with Crippen LogP contribution < -0.4 is 5.32 Å². The lowest BCUT2D eigenvalue weighted by molar-refractivity contribution is -0.136. The lowest BCUT2D eigenvalue weighted by Crippen LogP contribution is -2.55. The molecule has 0 saturated heterocycles. The number of ketones is 1. The molecule has 0 unspecified atom stereocenters. The van der Waals surface area contributed by atoms with Gasteiger partial charge in [-0.2, -0.15) is 0 Å². The minimum Gasteiger partial charge on any atom is -0.394 e. The summed E-state index contributed by atoms with van der Waals surface area (Å²) < 4.78 is 0. The molecule has 0 aliphatic rings. The third kappa shape index (κ3) is 4.78. The standard InChI is InChI=1S/C10H19NO6/c1-3-6(14)8(11-5(2)13)10(17)9(16)7(15)4-12/h7-10,12,15-17H,3-4H2,1-2H3,(H,11,13)/t7-,8+,9-,10-/m1/s1. The molecule has 0 bridgehead atoms. The molecule has 0 aliphatic heterocycles. The van der Waals surface area contributed by atoms with Gasteiger partial charge in [-0.3, -0.25) is 9.59 Å². The minimum atomic E-state index is -1.72. The molecule has 0 aliphatic carbocycles. The van der Waals surface area contributed by atoms with Crippen molar-refractivity contribution in [1.29, 1.82) is 0 Å². The highest BCUT2D eigenvalue weighted by molar-refractivity contribution is 5.88. The van der Waals surface area contributed by atoms with Crippen LogP contribution in [-0.2, 0) is 9.59 Å². The summed E-state index contributed by atoms with van der Waals surface area (Å²) in [5.74, 6) is -1.02. The van der Waals surface area contributed by atoms with Crippen LogP contribution in [-0.4, -0.2) is 63.1 Å². The zero-order chi connectivity index (χ0) is 13.6. The molecule has 0 saturated carbocycles. The summed E-state index contributed by atoms with van der Waals surface area (Å²) in [4.78, 5) is 22.3. The Morgan fingerprint density at radius 1 is 1.18 bits per heavy atom. The molecule has 100 valence electrons. The molecule has 0 aromatic heterocycles. The number of carbonyl (C=O) groups excluding carboxylic acids is 2. The molecule has 17 heavy (non-hydrogen) atoms. The molecular weight excluding hydrogens is 230 g/mol. The summed E-state index contributed by atoms with van der Waals surface area (Å²) in [5.41, 5.74) is 0. The van der Waals surface area contributed by atoms with Crippen molar-refractivity contribution in [3.63, 3.8) is 0 Å². The van der Waals surface area contributed by atoms with Gasteiger partial charge < -0.3 is 25.7 Å². The molecule has 4 atom stereocenters. The summed E-state index contributed by atoms with van der Waals surface area (Å²) in [6.45, 7) is 1.95. The lowest BCUT2D eigenvalue weighted by atomic mass is 9.96. The van der Waals surface area contributed by atoms with Crippen LogP contribution in [0, 0.1) is 0 Å². The van der Waals surface area contributed by atoms with Crippen molar-refractivity contribution in [2.75, 3.05) is 6.61 Å². The maximum Gasteiger partial charge on any atom is 0.217 e. The molecule has 0 aromatic carbocycles. The molecule has 5 N–H and O–H groups in total. The molecule has 0 heterocycles. The third-order valence-corrected chi connectivity index (χ3v) is 2.33. The van der Waals surface area contributed by atoms with Gasteiger partial charge in [0.05, 0.1) is 6.61 Å². The van der Waals surface area contributed by atoms with Crippen molar-refractivity contribution in [2.24, 2.45) is 0 Å². The van der Waals surface area contributed by atoms with Crippen molar-refractivity contribution >= 4 is 11.7 Å². The Labute approximate surface area is 99.1 Å². The molecule has 0 aromatic rings. The smallest absolute Gasteiger partial charge is 0.217 e. The van der Waals surface area contributed by atoms with E-state index in [2.05, 4.69) is 5.32 Å². The number of hydrogen-bond acceptors (Lipinski definition) is 6. The predicted molar refractivity (Wildman–Crippen MR) is 58.0 cm³/mol. The van der Waals surface area contributed by atoms with E-state index in [0.717, 1.165) is 6.92 Å². The van der Waals surface area contributed by atoms with E-state index >= 15 is 0 Å². The molecule has 0 rings (SSSR count). The van der Waals surface area contributed by atoms with Crippen LogP contribution in [0.2, 0.25) is 0 Å². The predicted octanol–water partition coefficient (Wildman–Crippen LogP) is -2.45. The summed E-state index contributed by atoms with van der Waals surface area (Å²) >= 11 is 0. The maximum absolute atomic E-state index is 11.5. The summed E-state index contributed by atoms with van der Waals surface area (Å²) in [6.07, 6.45) is -4.91. The topological polar surface area (TPSA) is 127 Å². The number of aliphatic hydroxyl groups is 4. The van der Waals surface area contributed by atoms with Crippen molar-refractivity contribution in [3.05, 3.63) is 0 Å². The van der Waals surface area contributed by atoms with E-state index in [1.54, 1.807) is 6.92 Å². The van der Waals surface area contributed by atoms with Crippen LogP contribution in [0.4, 0.5) is 0 Å². The van der Waals surface area contributed by atoms with E-state index < -0.39 is 42.7 Å². The fraction of sp³-hybridized carbons (Fsp3) is 0.800. The second kappa shape index (κ2) is 7.33. The number of carbonyl (C=O) groups is 2. The zero-order valence-electron chi connectivity index (χ0n) is 9.83. The average Bonchev–Trinajstić information content (AvgIpc) is 2.31. The third-order valence-electron chi connectivity index (χ3n) is 2.33. The molecule has 1 amide bonds. The number of aliphatic hydroxyl groups excluding tert-OH is 4. The van der Waals surface area contributed by atoms with E-state index in [9.17, 15) is 19.8 Å². The Bertz CT molecular complexity index is 270. The highest BCUT2D eigenvalue weighted by Crippen LogP contribution is 2.07.